The molecule has 7 heteroatoms. The maximum atomic E-state index is 12.0. The molecule has 1 amide bonds. The van der Waals surface area contributed by atoms with Crippen molar-refractivity contribution >= 4 is 17.4 Å². The first kappa shape index (κ1) is 22.5. The van der Waals surface area contributed by atoms with Crippen LogP contribution in [0.2, 0.25) is 0 Å². The molecule has 0 spiro atoms. The largest absolute Gasteiger partial charge is 0.375 e. The van der Waals surface area contributed by atoms with Crippen molar-refractivity contribution in [2.24, 2.45) is 0 Å². The normalized spacial score (nSPS) is 18.8. The second-order valence-corrected chi connectivity index (χ2v) is 9.19. The molecule has 1 aromatic heterocycles. The lowest BCUT2D eigenvalue weighted by atomic mass is 9.96. The molecule has 0 saturated carbocycles. The minimum atomic E-state index is 0.115. The van der Waals surface area contributed by atoms with Gasteiger partial charge in [-0.15, -0.1) is 0 Å². The molecule has 2 aliphatic rings. The number of rotatable bonds is 7. The summed E-state index contributed by atoms with van der Waals surface area (Å²) >= 11 is 0. The molecule has 0 bridgehead atoms. The Hall–Kier alpha value is -2.67. The highest BCUT2D eigenvalue weighted by Gasteiger charge is 2.27. The van der Waals surface area contributed by atoms with Crippen LogP contribution in [-0.2, 0) is 17.8 Å². The Morgan fingerprint density at radius 3 is 2.78 bits per heavy atom. The molecular formula is C25H36N6O. The smallest absolute Gasteiger partial charge is 0.219 e. The average Bonchev–Trinajstić information content (AvgIpc) is 2.81. The van der Waals surface area contributed by atoms with Gasteiger partial charge in [0.25, 0.3) is 0 Å². The van der Waals surface area contributed by atoms with Crippen LogP contribution in [0, 0.1) is 0 Å². The molecule has 2 aliphatic heterocycles. The fraction of sp³-hybridized carbons (Fsp3) is 0.560. The van der Waals surface area contributed by atoms with Crippen LogP contribution in [0.25, 0.3) is 0 Å². The van der Waals surface area contributed by atoms with Gasteiger partial charge in [-0.2, -0.15) is 0 Å². The van der Waals surface area contributed by atoms with Crippen molar-refractivity contribution < 1.29 is 4.79 Å². The van der Waals surface area contributed by atoms with Gasteiger partial charge in [0.2, 0.25) is 5.91 Å². The number of benzene rings is 1. The summed E-state index contributed by atoms with van der Waals surface area (Å²) in [7, 11) is 4.31. The summed E-state index contributed by atoms with van der Waals surface area (Å²) in [5, 5.41) is 3.60. The highest BCUT2D eigenvalue weighted by molar-refractivity contribution is 5.74. The number of hydrogen-bond acceptors (Lipinski definition) is 6. The molecular weight excluding hydrogens is 400 g/mol. The Morgan fingerprint density at radius 2 is 2.03 bits per heavy atom. The van der Waals surface area contributed by atoms with Crippen molar-refractivity contribution in [2.75, 3.05) is 57.0 Å². The standard InChI is InChI=1S/C25H36N6O/c1-19(32)31-16-12-23-22(18-31)25(28-24(27-23)20-9-7-14-29(2)17-20)26-13-8-15-30(3)21-10-5-4-6-11-21/h4-6,10-11,20H,7-9,12-18H2,1-3H3,(H,26,27,28)/t20-/m0/s1. The Balaban J connectivity index is 1.47. The van der Waals surface area contributed by atoms with E-state index in [-0.39, 0.29) is 5.91 Å². The molecule has 1 saturated heterocycles. The molecule has 1 N–H and O–H groups in total. The van der Waals surface area contributed by atoms with E-state index in [0.29, 0.717) is 12.5 Å². The van der Waals surface area contributed by atoms with Gasteiger partial charge >= 0.3 is 0 Å². The Bertz CT molecular complexity index is 918. The van der Waals surface area contributed by atoms with E-state index >= 15 is 0 Å². The number of piperidine rings is 1. The lowest BCUT2D eigenvalue weighted by molar-refractivity contribution is -0.129. The number of likely N-dealkylation sites (tertiary alicyclic amines) is 1. The van der Waals surface area contributed by atoms with Crippen molar-refractivity contribution in [3.63, 3.8) is 0 Å². The molecule has 2 aromatic rings. The van der Waals surface area contributed by atoms with Crippen LogP contribution in [0.4, 0.5) is 11.5 Å². The SMILES string of the molecule is CC(=O)N1CCc2nc([C@H]3CCCN(C)C3)nc(NCCCN(C)c3ccccc3)c2C1. The molecule has 4 rings (SSSR count). The maximum Gasteiger partial charge on any atom is 0.219 e. The van der Waals surface area contributed by atoms with Crippen molar-refractivity contribution in [2.45, 2.75) is 45.1 Å². The lowest BCUT2D eigenvalue weighted by Gasteiger charge is -2.32. The van der Waals surface area contributed by atoms with Gasteiger partial charge in [-0.25, -0.2) is 9.97 Å². The van der Waals surface area contributed by atoms with Crippen molar-refractivity contribution in [3.8, 4) is 0 Å². The topological polar surface area (TPSA) is 64.6 Å². The molecule has 3 heterocycles. The maximum absolute atomic E-state index is 12.0. The van der Waals surface area contributed by atoms with Crippen molar-refractivity contribution in [1.29, 1.82) is 0 Å². The van der Waals surface area contributed by atoms with Crippen LogP contribution in [0.3, 0.4) is 0 Å². The van der Waals surface area contributed by atoms with Crippen LogP contribution in [0.1, 0.15) is 49.2 Å². The van der Waals surface area contributed by atoms with Gasteiger partial charge in [0.15, 0.2) is 0 Å². The fourth-order valence-electron chi connectivity index (χ4n) is 4.74. The first-order chi connectivity index (χ1) is 15.5. The molecule has 0 unspecified atom stereocenters. The van der Waals surface area contributed by atoms with E-state index in [1.165, 1.54) is 12.1 Å². The number of carbonyl (C=O) groups excluding carboxylic acids is 1. The molecule has 32 heavy (non-hydrogen) atoms. The Kier molecular flexibility index (Phi) is 7.25. The number of aromatic nitrogens is 2. The third-order valence-corrected chi connectivity index (χ3v) is 6.67. The van der Waals surface area contributed by atoms with Gasteiger partial charge in [-0.05, 0) is 45.0 Å². The molecule has 7 nitrogen and oxygen atoms in total. The summed E-state index contributed by atoms with van der Waals surface area (Å²) < 4.78 is 0. The zero-order valence-corrected chi connectivity index (χ0v) is 19.7. The summed E-state index contributed by atoms with van der Waals surface area (Å²) in [5.74, 6) is 2.39. The van der Waals surface area contributed by atoms with Gasteiger partial charge in [0.1, 0.15) is 11.6 Å². The zero-order valence-electron chi connectivity index (χ0n) is 19.7. The predicted octanol–water partition coefficient (Wildman–Crippen LogP) is 3.13. The van der Waals surface area contributed by atoms with Crippen molar-refractivity contribution in [1.82, 2.24) is 19.8 Å². The predicted molar refractivity (Wildman–Crippen MR) is 129 cm³/mol. The van der Waals surface area contributed by atoms with Crippen LogP contribution < -0.4 is 10.2 Å². The van der Waals surface area contributed by atoms with Crippen molar-refractivity contribution in [3.05, 3.63) is 47.4 Å². The third kappa shape index (κ3) is 5.38. The first-order valence-corrected chi connectivity index (χ1v) is 11.8. The van der Waals surface area contributed by atoms with E-state index in [9.17, 15) is 4.79 Å². The minimum Gasteiger partial charge on any atom is -0.375 e. The number of para-hydroxylation sites is 1. The van der Waals surface area contributed by atoms with E-state index in [1.54, 1.807) is 6.92 Å². The number of nitrogens with one attached hydrogen (secondary N) is 1. The van der Waals surface area contributed by atoms with Gasteiger partial charge in [-0.3, -0.25) is 4.79 Å². The second-order valence-electron chi connectivity index (χ2n) is 9.19. The van der Waals surface area contributed by atoms with Crippen LogP contribution in [0.15, 0.2) is 30.3 Å². The van der Waals surface area contributed by atoms with E-state index in [1.807, 2.05) is 11.0 Å². The fourth-order valence-corrected chi connectivity index (χ4v) is 4.74. The Morgan fingerprint density at radius 1 is 1.22 bits per heavy atom. The summed E-state index contributed by atoms with van der Waals surface area (Å²) in [6.07, 6.45) is 4.14. The van der Waals surface area contributed by atoms with Crippen LogP contribution in [-0.4, -0.2) is 72.5 Å². The number of likely N-dealkylation sites (N-methyl/N-ethyl adjacent to an activating group) is 1. The number of fused-ring (bicyclic) bond motifs is 1. The number of carbonyl (C=O) groups is 1. The van der Waals surface area contributed by atoms with E-state index < -0.39 is 0 Å². The molecule has 1 aromatic carbocycles. The lowest BCUT2D eigenvalue weighted by Crippen LogP contribution is -2.36. The van der Waals surface area contributed by atoms with E-state index in [0.717, 1.165) is 74.9 Å². The number of anilines is 2. The highest BCUT2D eigenvalue weighted by Crippen LogP contribution is 2.29. The van der Waals surface area contributed by atoms with Crippen LogP contribution >= 0.6 is 0 Å². The minimum absolute atomic E-state index is 0.115. The molecule has 1 fully saturated rings. The zero-order chi connectivity index (χ0) is 22.5. The van der Waals surface area contributed by atoms with Gasteiger partial charge < -0.3 is 20.0 Å². The van der Waals surface area contributed by atoms with Gasteiger partial charge in [-0.1, -0.05) is 18.2 Å². The molecule has 1 atom stereocenters. The monoisotopic (exact) mass is 436 g/mol. The summed E-state index contributed by atoms with van der Waals surface area (Å²) in [4.78, 5) is 28.6. The third-order valence-electron chi connectivity index (χ3n) is 6.67. The average molecular weight is 437 g/mol. The quantitative estimate of drug-likeness (QED) is 0.673. The molecule has 0 radical (unpaired) electrons. The number of hydrogen-bond donors (Lipinski definition) is 1. The Labute approximate surface area is 191 Å². The number of amides is 1. The molecule has 172 valence electrons. The van der Waals surface area contributed by atoms with Crippen LogP contribution in [0.5, 0.6) is 0 Å². The second kappa shape index (κ2) is 10.3. The van der Waals surface area contributed by atoms with E-state index in [4.69, 9.17) is 9.97 Å². The summed E-state index contributed by atoms with van der Waals surface area (Å²) in [5.41, 5.74) is 3.44. The van der Waals surface area contributed by atoms with Gasteiger partial charge in [0, 0.05) is 63.7 Å². The highest BCUT2D eigenvalue weighted by atomic mass is 16.2. The van der Waals surface area contributed by atoms with E-state index in [2.05, 4.69) is 53.5 Å². The number of nitrogens with zero attached hydrogens (tertiary/aromatic N) is 5. The first-order valence-electron chi connectivity index (χ1n) is 11.8. The summed E-state index contributed by atoms with van der Waals surface area (Å²) in [6.45, 7) is 6.95. The molecule has 0 aliphatic carbocycles. The summed E-state index contributed by atoms with van der Waals surface area (Å²) in [6, 6.07) is 10.5. The van der Waals surface area contributed by atoms with Gasteiger partial charge in [0.05, 0.1) is 12.2 Å².